The van der Waals surface area contributed by atoms with Gasteiger partial charge in [0.15, 0.2) is 5.65 Å². The van der Waals surface area contributed by atoms with Gasteiger partial charge in [0.2, 0.25) is 10.0 Å². The van der Waals surface area contributed by atoms with E-state index >= 15 is 0 Å². The molecule has 3 aromatic rings. The maximum Gasteiger partial charge on any atom is 0.283 e. The number of piperidine rings is 1. The molecule has 0 saturated carbocycles. The van der Waals surface area contributed by atoms with Gasteiger partial charge in [-0.05, 0) is 62.5 Å². The summed E-state index contributed by atoms with van der Waals surface area (Å²) in [5.41, 5.74) is 1.48. The first-order chi connectivity index (χ1) is 17.1. The van der Waals surface area contributed by atoms with E-state index in [4.69, 9.17) is 9.84 Å². The van der Waals surface area contributed by atoms with E-state index in [-0.39, 0.29) is 11.6 Å². The first-order valence-corrected chi connectivity index (χ1v) is 14.1. The smallest absolute Gasteiger partial charge is 0.283 e. The fraction of sp³-hybridized carbons (Fsp3) is 0.480. The van der Waals surface area contributed by atoms with E-state index in [2.05, 4.69) is 9.88 Å². The fourth-order valence-electron chi connectivity index (χ4n) is 4.38. The molecule has 0 atom stereocenters. The van der Waals surface area contributed by atoms with Crippen molar-refractivity contribution in [2.24, 2.45) is 0 Å². The number of rotatable bonds is 9. The average Bonchev–Trinajstić information content (AvgIpc) is 3.22. The molecule has 1 saturated heterocycles. The SMILES string of the molecule is CC(C)c1nn(-c2ccc(F)cc2)c2nc(C(=O)NS(C)(=O)=O)cc(OCCCN3CCCCC3)c12. The summed E-state index contributed by atoms with van der Waals surface area (Å²) in [5, 5.41) is 5.36. The van der Waals surface area contributed by atoms with E-state index in [1.54, 1.807) is 12.1 Å². The normalized spacial score (nSPS) is 14.9. The van der Waals surface area contributed by atoms with E-state index in [1.807, 2.05) is 18.6 Å². The standard InChI is InChI=1S/C25H32FN5O4S/c1-17(2)23-22-21(35-15-7-14-30-12-5-4-6-13-30)16-20(25(32)29-36(3,33)34)27-24(22)31(28-23)19-10-8-18(26)9-11-19/h8-11,16-17H,4-7,12-15H2,1-3H3,(H,29,32). The lowest BCUT2D eigenvalue weighted by molar-refractivity contribution is 0.0976. The number of sulfonamides is 1. The molecule has 0 unspecified atom stereocenters. The molecule has 0 radical (unpaired) electrons. The molecule has 1 aliphatic heterocycles. The van der Waals surface area contributed by atoms with Gasteiger partial charge in [-0.25, -0.2) is 27.2 Å². The molecule has 11 heteroatoms. The van der Waals surface area contributed by atoms with Gasteiger partial charge in [-0.15, -0.1) is 0 Å². The lowest BCUT2D eigenvalue weighted by Gasteiger charge is -2.26. The van der Waals surface area contributed by atoms with Gasteiger partial charge in [0.25, 0.3) is 5.91 Å². The molecule has 9 nitrogen and oxygen atoms in total. The zero-order valence-corrected chi connectivity index (χ0v) is 21.6. The van der Waals surface area contributed by atoms with Gasteiger partial charge in [-0.1, -0.05) is 20.3 Å². The van der Waals surface area contributed by atoms with Crippen molar-refractivity contribution >= 4 is 27.0 Å². The van der Waals surface area contributed by atoms with E-state index in [9.17, 15) is 17.6 Å². The van der Waals surface area contributed by atoms with Crippen molar-refractivity contribution in [2.75, 3.05) is 32.5 Å². The molecule has 1 amide bonds. The van der Waals surface area contributed by atoms with Gasteiger partial charge in [0.05, 0.1) is 29.6 Å². The van der Waals surface area contributed by atoms with Gasteiger partial charge < -0.3 is 9.64 Å². The van der Waals surface area contributed by atoms with Crippen LogP contribution in [-0.2, 0) is 10.0 Å². The van der Waals surface area contributed by atoms with E-state index < -0.39 is 21.7 Å². The quantitative estimate of drug-likeness (QED) is 0.432. The Hall–Kier alpha value is -3.05. The van der Waals surface area contributed by atoms with Crippen molar-refractivity contribution in [2.45, 2.75) is 45.4 Å². The minimum atomic E-state index is -3.80. The predicted molar refractivity (Wildman–Crippen MR) is 136 cm³/mol. The second-order valence-corrected chi connectivity index (χ2v) is 11.2. The number of aromatic nitrogens is 3. The number of carbonyl (C=O) groups is 1. The zero-order valence-electron chi connectivity index (χ0n) is 20.8. The summed E-state index contributed by atoms with van der Waals surface area (Å²) < 4.78 is 46.6. The fourth-order valence-corrected chi connectivity index (χ4v) is 4.82. The van der Waals surface area contributed by atoms with E-state index in [0.717, 1.165) is 32.3 Å². The highest BCUT2D eigenvalue weighted by molar-refractivity contribution is 7.89. The molecule has 1 aliphatic rings. The number of nitrogens with one attached hydrogen (secondary N) is 1. The van der Waals surface area contributed by atoms with Crippen LogP contribution in [0.1, 0.15) is 61.6 Å². The molecule has 1 fully saturated rings. The van der Waals surface area contributed by atoms with Crippen LogP contribution < -0.4 is 9.46 Å². The van der Waals surface area contributed by atoms with E-state index in [1.165, 1.54) is 42.1 Å². The van der Waals surface area contributed by atoms with Crippen LogP contribution in [0.25, 0.3) is 16.7 Å². The van der Waals surface area contributed by atoms with Crippen molar-refractivity contribution in [1.29, 1.82) is 0 Å². The Bertz CT molecular complexity index is 1330. The summed E-state index contributed by atoms with van der Waals surface area (Å²) in [7, 11) is -3.80. The van der Waals surface area contributed by atoms with Crippen molar-refractivity contribution in [1.82, 2.24) is 24.4 Å². The molecule has 0 bridgehead atoms. The number of pyridine rings is 1. The van der Waals surface area contributed by atoms with Gasteiger partial charge in [-0.3, -0.25) is 4.79 Å². The van der Waals surface area contributed by atoms with E-state index in [0.29, 0.717) is 34.8 Å². The molecule has 2 aromatic heterocycles. The average molecular weight is 518 g/mol. The third kappa shape index (κ3) is 6.19. The number of nitrogens with zero attached hydrogens (tertiary/aromatic N) is 4. The highest BCUT2D eigenvalue weighted by Crippen LogP contribution is 2.34. The summed E-state index contributed by atoms with van der Waals surface area (Å²) in [6.45, 7) is 7.50. The van der Waals surface area contributed by atoms with Crippen LogP contribution in [0.4, 0.5) is 4.39 Å². The maximum atomic E-state index is 13.6. The molecule has 1 N–H and O–H groups in total. The Labute approximate surface area is 210 Å². The topological polar surface area (TPSA) is 106 Å². The number of amides is 1. The number of hydrogen-bond donors (Lipinski definition) is 1. The van der Waals surface area contributed by atoms with Gasteiger partial charge in [0, 0.05) is 12.6 Å². The Kier molecular flexibility index (Phi) is 7.89. The third-order valence-corrected chi connectivity index (χ3v) is 6.64. The summed E-state index contributed by atoms with van der Waals surface area (Å²) in [5.74, 6) is -0.842. The van der Waals surface area contributed by atoms with Crippen LogP contribution in [0.5, 0.6) is 5.75 Å². The number of fused-ring (bicyclic) bond motifs is 1. The first kappa shape index (κ1) is 26.0. The molecule has 0 aliphatic carbocycles. The minimum absolute atomic E-state index is 0.00222. The molecule has 1 aromatic carbocycles. The van der Waals surface area contributed by atoms with Gasteiger partial charge in [0.1, 0.15) is 17.3 Å². The van der Waals surface area contributed by atoms with Crippen LogP contribution in [0.2, 0.25) is 0 Å². The van der Waals surface area contributed by atoms with Crippen molar-refractivity contribution < 1.29 is 22.3 Å². The maximum absolute atomic E-state index is 13.6. The number of likely N-dealkylation sites (tertiary alicyclic amines) is 1. The number of ether oxygens (including phenoxy) is 1. The Morgan fingerprint density at radius 1 is 1.17 bits per heavy atom. The van der Waals surface area contributed by atoms with Crippen LogP contribution in [0.15, 0.2) is 30.3 Å². The monoisotopic (exact) mass is 517 g/mol. The summed E-state index contributed by atoms with van der Waals surface area (Å²) >= 11 is 0. The largest absolute Gasteiger partial charge is 0.493 e. The zero-order chi connectivity index (χ0) is 25.9. The first-order valence-electron chi connectivity index (χ1n) is 12.2. The second kappa shape index (κ2) is 10.9. The molecular formula is C25H32FN5O4S. The number of hydrogen-bond acceptors (Lipinski definition) is 7. The van der Waals surface area contributed by atoms with Crippen molar-refractivity contribution in [3.8, 4) is 11.4 Å². The van der Waals surface area contributed by atoms with Crippen LogP contribution in [0, 0.1) is 5.82 Å². The summed E-state index contributed by atoms with van der Waals surface area (Å²) in [6.07, 6.45) is 5.41. The predicted octanol–water partition coefficient (Wildman–Crippen LogP) is 3.63. The summed E-state index contributed by atoms with van der Waals surface area (Å²) in [6, 6.07) is 7.23. The van der Waals surface area contributed by atoms with Crippen LogP contribution in [0.3, 0.4) is 0 Å². The lowest BCUT2D eigenvalue weighted by atomic mass is 10.1. The minimum Gasteiger partial charge on any atom is -0.493 e. The molecule has 36 heavy (non-hydrogen) atoms. The van der Waals surface area contributed by atoms with Crippen molar-refractivity contribution in [3.05, 3.63) is 47.5 Å². The number of carbonyl (C=O) groups excluding carboxylic acids is 1. The Morgan fingerprint density at radius 3 is 2.50 bits per heavy atom. The molecule has 4 rings (SSSR count). The summed E-state index contributed by atoms with van der Waals surface area (Å²) in [4.78, 5) is 19.6. The molecule has 194 valence electrons. The number of benzene rings is 1. The van der Waals surface area contributed by atoms with Crippen LogP contribution >= 0.6 is 0 Å². The molecule has 3 heterocycles. The lowest BCUT2D eigenvalue weighted by Crippen LogP contribution is -2.31. The molecule has 0 spiro atoms. The Balaban J connectivity index is 1.74. The Morgan fingerprint density at radius 2 is 1.86 bits per heavy atom. The highest BCUT2D eigenvalue weighted by Gasteiger charge is 2.24. The highest BCUT2D eigenvalue weighted by atomic mass is 32.2. The van der Waals surface area contributed by atoms with Gasteiger partial charge in [-0.2, -0.15) is 5.10 Å². The third-order valence-electron chi connectivity index (χ3n) is 6.08. The van der Waals surface area contributed by atoms with Crippen molar-refractivity contribution in [3.63, 3.8) is 0 Å². The van der Waals surface area contributed by atoms with Crippen LogP contribution in [-0.4, -0.2) is 66.5 Å². The second-order valence-electron chi connectivity index (χ2n) is 9.44. The molecular weight excluding hydrogens is 485 g/mol. The van der Waals surface area contributed by atoms with Gasteiger partial charge >= 0.3 is 0 Å². The number of halogens is 1.